The highest BCUT2D eigenvalue weighted by molar-refractivity contribution is 6.25. The molecule has 0 aromatic rings. The minimum atomic E-state index is -0.129. The molecule has 0 aromatic carbocycles. The lowest BCUT2D eigenvalue weighted by Gasteiger charge is -2.05. The van der Waals surface area contributed by atoms with E-state index in [4.69, 9.17) is 11.6 Å². The van der Waals surface area contributed by atoms with Gasteiger partial charge in [-0.15, -0.1) is 0 Å². The van der Waals surface area contributed by atoms with Gasteiger partial charge in [-0.3, -0.25) is 0 Å². The molecule has 0 aromatic heterocycles. The fraction of sp³-hybridized carbons (Fsp3) is 0.500. The van der Waals surface area contributed by atoms with Crippen LogP contribution in [0.1, 0.15) is 45.4 Å². The van der Waals surface area contributed by atoms with Gasteiger partial charge in [0, 0.05) is 12.0 Å². The second-order valence-electron chi connectivity index (χ2n) is 3.91. The Kier molecular flexibility index (Phi) is 13.0. The molecule has 0 saturated carbocycles. The third-order valence-electron chi connectivity index (χ3n) is 2.40. The molecule has 2 heteroatoms. The van der Waals surface area contributed by atoms with Crippen molar-refractivity contribution in [1.29, 1.82) is 0 Å². The van der Waals surface area contributed by atoms with Gasteiger partial charge in [-0.1, -0.05) is 55.4 Å². The molecule has 18 heavy (non-hydrogen) atoms. The van der Waals surface area contributed by atoms with Crippen LogP contribution in [0.25, 0.3) is 0 Å². The summed E-state index contributed by atoms with van der Waals surface area (Å²) in [5.74, 6) is 11.4. The molecular formula is C16H21ClO. The van der Waals surface area contributed by atoms with Crippen LogP contribution in [0.15, 0.2) is 23.8 Å². The van der Waals surface area contributed by atoms with E-state index in [2.05, 4.69) is 23.7 Å². The number of aliphatic hydroxyl groups is 1. The molecule has 1 N–H and O–H groups in total. The first-order valence-corrected chi connectivity index (χ1v) is 6.83. The van der Waals surface area contributed by atoms with E-state index in [0.717, 1.165) is 38.5 Å². The summed E-state index contributed by atoms with van der Waals surface area (Å²) < 4.78 is 0. The Morgan fingerprint density at radius 1 is 1.17 bits per heavy atom. The standard InChI is InChI=1S/C16H21ClO/c1-2-16(18)14-12-10-8-6-4-3-5-7-9-11-13-15-17/h9,11,13,15-16,18H,2,6,8,10,12,14H2,1H3/b11-9-,15-13-. The van der Waals surface area contributed by atoms with Crippen molar-refractivity contribution < 1.29 is 5.11 Å². The van der Waals surface area contributed by atoms with Crippen LogP contribution >= 0.6 is 11.6 Å². The molecule has 0 amide bonds. The van der Waals surface area contributed by atoms with Crippen molar-refractivity contribution in [2.75, 3.05) is 0 Å². The fourth-order valence-electron chi connectivity index (χ4n) is 1.30. The second kappa shape index (κ2) is 13.9. The largest absolute Gasteiger partial charge is 0.393 e. The molecule has 1 nitrogen and oxygen atoms in total. The lowest BCUT2D eigenvalue weighted by Crippen LogP contribution is -2.03. The zero-order chi connectivity index (χ0) is 13.5. The third kappa shape index (κ3) is 12.9. The Hall–Kier alpha value is -1.15. The van der Waals surface area contributed by atoms with Gasteiger partial charge in [0.1, 0.15) is 0 Å². The summed E-state index contributed by atoms with van der Waals surface area (Å²) in [5, 5.41) is 9.35. The topological polar surface area (TPSA) is 20.2 Å². The molecule has 0 radical (unpaired) electrons. The summed E-state index contributed by atoms with van der Waals surface area (Å²) >= 11 is 5.33. The highest BCUT2D eigenvalue weighted by Crippen LogP contribution is 2.07. The minimum Gasteiger partial charge on any atom is -0.393 e. The van der Waals surface area contributed by atoms with Crippen molar-refractivity contribution in [2.24, 2.45) is 0 Å². The predicted molar refractivity (Wildman–Crippen MR) is 79.1 cm³/mol. The Morgan fingerprint density at radius 2 is 2.00 bits per heavy atom. The number of rotatable bonds is 7. The summed E-state index contributed by atoms with van der Waals surface area (Å²) in [5.41, 5.74) is 1.43. The maximum absolute atomic E-state index is 9.35. The molecule has 98 valence electrons. The number of hydrogen-bond acceptors (Lipinski definition) is 1. The van der Waals surface area contributed by atoms with E-state index in [9.17, 15) is 5.11 Å². The monoisotopic (exact) mass is 264 g/mol. The van der Waals surface area contributed by atoms with Crippen LogP contribution in [0.5, 0.6) is 0 Å². The average molecular weight is 265 g/mol. The quantitative estimate of drug-likeness (QED) is 0.418. The van der Waals surface area contributed by atoms with E-state index >= 15 is 0 Å². The van der Waals surface area contributed by atoms with Crippen LogP contribution in [0.2, 0.25) is 0 Å². The summed E-state index contributed by atoms with van der Waals surface area (Å²) in [6.07, 6.45) is 11.0. The minimum absolute atomic E-state index is 0.129. The SMILES string of the molecule is CCC(O)CCCCCC#CC#C/C=C\C=C/Cl. The van der Waals surface area contributed by atoms with Gasteiger partial charge < -0.3 is 5.11 Å². The van der Waals surface area contributed by atoms with Crippen LogP contribution in [-0.4, -0.2) is 11.2 Å². The first-order chi connectivity index (χ1) is 8.81. The Bertz CT molecular complexity index is 360. The zero-order valence-electron chi connectivity index (χ0n) is 11.0. The first kappa shape index (κ1) is 16.9. The van der Waals surface area contributed by atoms with Gasteiger partial charge in [-0.25, -0.2) is 0 Å². The van der Waals surface area contributed by atoms with Crippen LogP contribution in [0.4, 0.5) is 0 Å². The average Bonchev–Trinajstić information content (AvgIpc) is 2.39. The molecule has 1 atom stereocenters. The molecular weight excluding hydrogens is 244 g/mol. The van der Waals surface area contributed by atoms with Crippen molar-refractivity contribution in [2.45, 2.75) is 51.6 Å². The van der Waals surface area contributed by atoms with Gasteiger partial charge in [0.25, 0.3) is 0 Å². The van der Waals surface area contributed by atoms with Gasteiger partial charge in [-0.2, -0.15) is 0 Å². The highest BCUT2D eigenvalue weighted by Gasteiger charge is 1.98. The molecule has 0 aliphatic heterocycles. The van der Waals surface area contributed by atoms with Crippen molar-refractivity contribution in [1.82, 2.24) is 0 Å². The van der Waals surface area contributed by atoms with Gasteiger partial charge in [-0.05, 0) is 37.2 Å². The van der Waals surface area contributed by atoms with E-state index in [1.165, 1.54) is 5.54 Å². The van der Waals surface area contributed by atoms with Gasteiger partial charge in [0.2, 0.25) is 0 Å². The van der Waals surface area contributed by atoms with Crippen LogP contribution in [0.3, 0.4) is 0 Å². The summed E-state index contributed by atoms with van der Waals surface area (Å²) in [7, 11) is 0. The molecule has 0 spiro atoms. The van der Waals surface area contributed by atoms with E-state index < -0.39 is 0 Å². The van der Waals surface area contributed by atoms with Crippen LogP contribution < -0.4 is 0 Å². The van der Waals surface area contributed by atoms with Gasteiger partial charge in [0.15, 0.2) is 0 Å². The molecule has 0 rings (SSSR count). The normalized spacial score (nSPS) is 11.9. The second-order valence-corrected chi connectivity index (χ2v) is 4.16. The Morgan fingerprint density at radius 3 is 2.72 bits per heavy atom. The van der Waals surface area contributed by atoms with Gasteiger partial charge in [0.05, 0.1) is 6.10 Å². The summed E-state index contributed by atoms with van der Waals surface area (Å²) in [6, 6.07) is 0. The molecule has 0 aliphatic carbocycles. The molecule has 0 bridgehead atoms. The van der Waals surface area contributed by atoms with Crippen molar-refractivity contribution >= 4 is 11.6 Å². The van der Waals surface area contributed by atoms with Crippen LogP contribution in [-0.2, 0) is 0 Å². The van der Waals surface area contributed by atoms with Crippen LogP contribution in [0, 0.1) is 23.7 Å². The highest BCUT2D eigenvalue weighted by atomic mass is 35.5. The first-order valence-electron chi connectivity index (χ1n) is 6.39. The van der Waals surface area contributed by atoms with Crippen molar-refractivity contribution in [3.05, 3.63) is 23.8 Å². The number of aliphatic hydroxyl groups excluding tert-OH is 1. The van der Waals surface area contributed by atoms with E-state index in [-0.39, 0.29) is 6.10 Å². The lowest BCUT2D eigenvalue weighted by molar-refractivity contribution is 0.156. The number of halogens is 1. The summed E-state index contributed by atoms with van der Waals surface area (Å²) in [4.78, 5) is 0. The molecule has 0 fully saturated rings. The fourth-order valence-corrected chi connectivity index (χ4v) is 1.39. The van der Waals surface area contributed by atoms with E-state index in [1.54, 1.807) is 18.2 Å². The van der Waals surface area contributed by atoms with E-state index in [0.29, 0.717) is 0 Å². The third-order valence-corrected chi connectivity index (χ3v) is 2.54. The van der Waals surface area contributed by atoms with Crippen molar-refractivity contribution in [3.63, 3.8) is 0 Å². The zero-order valence-corrected chi connectivity index (χ0v) is 11.7. The maximum atomic E-state index is 9.35. The van der Waals surface area contributed by atoms with Crippen molar-refractivity contribution in [3.8, 4) is 23.7 Å². The predicted octanol–water partition coefficient (Wildman–Crippen LogP) is 4.02. The smallest absolute Gasteiger partial charge is 0.0537 e. The Balaban J connectivity index is 3.49. The number of unbranched alkanes of at least 4 members (excludes halogenated alkanes) is 3. The molecule has 0 saturated heterocycles. The Labute approximate surface area is 116 Å². The molecule has 0 aliphatic rings. The molecule has 1 unspecified atom stereocenters. The summed E-state index contributed by atoms with van der Waals surface area (Å²) in [6.45, 7) is 2.01. The number of allylic oxidation sites excluding steroid dienone is 3. The lowest BCUT2D eigenvalue weighted by atomic mass is 10.1. The van der Waals surface area contributed by atoms with Gasteiger partial charge >= 0.3 is 0 Å². The maximum Gasteiger partial charge on any atom is 0.0537 e. The number of hydrogen-bond donors (Lipinski definition) is 1. The van der Waals surface area contributed by atoms with E-state index in [1.807, 2.05) is 6.92 Å². The molecule has 0 heterocycles.